The van der Waals surface area contributed by atoms with Crippen LogP contribution in [0, 0.1) is 0 Å². The molecule has 0 saturated heterocycles. The molecular weight excluding hydrogens is 1000 g/mol. The fraction of sp³-hybridized carbons (Fsp3) is 0.455. The zero-order valence-corrected chi connectivity index (χ0v) is 45.8. The van der Waals surface area contributed by atoms with E-state index in [4.69, 9.17) is 51.3 Å². The predicted octanol–water partition coefficient (Wildman–Crippen LogP) is 13.4. The maximum absolute atomic E-state index is 12.5. The highest BCUT2D eigenvalue weighted by Gasteiger charge is 2.23. The molecule has 0 aliphatic rings. The van der Waals surface area contributed by atoms with E-state index in [-0.39, 0.29) is 46.7 Å². The van der Waals surface area contributed by atoms with Gasteiger partial charge in [0.1, 0.15) is 11.4 Å². The van der Waals surface area contributed by atoms with E-state index in [1.165, 1.54) is 15.8 Å². The first-order chi connectivity index (χ1) is 34.4. The number of aromatic nitrogens is 6. The zero-order valence-electron chi connectivity index (χ0n) is 42.8. The highest BCUT2D eigenvalue weighted by molar-refractivity contribution is 6.35. The second-order valence-electron chi connectivity index (χ2n) is 18.4. The number of nitrogens with one attached hydrogen (secondary N) is 1. The van der Waals surface area contributed by atoms with Gasteiger partial charge in [-0.1, -0.05) is 149 Å². The van der Waals surface area contributed by atoms with Crippen molar-refractivity contribution >= 4 is 64.1 Å². The smallest absolute Gasteiger partial charge is 0.272 e. The molecule has 11 nitrogen and oxygen atoms in total. The summed E-state index contributed by atoms with van der Waals surface area (Å²) in [5.41, 5.74) is 9.75. The topological polar surface area (TPSA) is 126 Å². The lowest BCUT2D eigenvalue weighted by molar-refractivity contribution is 0.0941. The molecule has 0 radical (unpaired) electrons. The number of alkyl halides is 2. The number of unbranched alkanes of at least 4 members (excludes halogenated alkanes) is 1. The van der Waals surface area contributed by atoms with Gasteiger partial charge < -0.3 is 10.1 Å². The van der Waals surface area contributed by atoms with E-state index in [2.05, 4.69) is 84.7 Å². The predicted molar refractivity (Wildman–Crippen MR) is 287 cm³/mol. The van der Waals surface area contributed by atoms with Gasteiger partial charge in [0.25, 0.3) is 5.91 Å². The van der Waals surface area contributed by atoms with E-state index in [9.17, 15) is 23.2 Å². The van der Waals surface area contributed by atoms with Gasteiger partial charge in [0.05, 0.1) is 52.1 Å². The van der Waals surface area contributed by atoms with Gasteiger partial charge in [-0.05, 0) is 90.2 Å². The fourth-order valence-electron chi connectivity index (χ4n) is 7.59. The SMILES string of the molecule is CCCOCc1ccc(CNC(=O)c2c(Cl)c(CC)nn2Cl)cc1.CCc1nn(C)c(C(=O)CCc2ccc(CCCC[18F])cc2)c1Cl.Cn1nc(CC[18F])c(Cl)c1C(=O)CCc1ccc(C(C)(C)C)cc1. The lowest BCUT2D eigenvalue weighted by Crippen LogP contribution is -2.24. The number of hydrogen-bond donors (Lipinski definition) is 1. The summed E-state index contributed by atoms with van der Waals surface area (Å²) in [4.78, 5) is 37.2. The van der Waals surface area contributed by atoms with Gasteiger partial charge in [-0.15, -0.1) is 0 Å². The van der Waals surface area contributed by atoms with Gasteiger partial charge in [0.15, 0.2) is 17.3 Å². The molecule has 17 heteroatoms. The number of amides is 1. The molecule has 3 aromatic heterocycles. The molecule has 0 aliphatic heterocycles. The number of ether oxygens (including phenoxy) is 1. The summed E-state index contributed by atoms with van der Waals surface area (Å²) < 4.78 is 34.1. The molecule has 0 unspecified atom stereocenters. The molecule has 3 heterocycles. The molecule has 0 bridgehead atoms. The van der Waals surface area contributed by atoms with Crippen LogP contribution in [-0.2, 0) is 75.9 Å². The summed E-state index contributed by atoms with van der Waals surface area (Å²) in [6.07, 6.45) is 6.91. The lowest BCUT2D eigenvalue weighted by atomic mass is 9.86. The molecule has 0 saturated carbocycles. The summed E-state index contributed by atoms with van der Waals surface area (Å²) >= 11 is 24.5. The van der Waals surface area contributed by atoms with Crippen LogP contribution in [0.25, 0.3) is 0 Å². The maximum Gasteiger partial charge on any atom is 0.272 e. The number of halogens is 6. The third kappa shape index (κ3) is 17.6. The molecule has 1 N–H and O–H groups in total. The van der Waals surface area contributed by atoms with Crippen LogP contribution < -0.4 is 5.32 Å². The van der Waals surface area contributed by atoms with Crippen molar-refractivity contribution in [3.63, 3.8) is 0 Å². The molecule has 390 valence electrons. The first-order valence-corrected chi connectivity index (χ1v) is 26.0. The second-order valence-corrected chi connectivity index (χ2v) is 19.8. The molecule has 6 aromatic rings. The summed E-state index contributed by atoms with van der Waals surface area (Å²) in [6, 6.07) is 24.4. The van der Waals surface area contributed by atoms with Crippen molar-refractivity contribution in [2.24, 2.45) is 14.1 Å². The average Bonchev–Trinajstić information content (AvgIpc) is 3.94. The Labute approximate surface area is 444 Å². The summed E-state index contributed by atoms with van der Waals surface area (Å²) in [5.74, 6) is -0.403. The quantitative estimate of drug-likeness (QED) is 0.0500. The van der Waals surface area contributed by atoms with Crippen molar-refractivity contribution in [3.05, 3.63) is 155 Å². The number of Topliss-reactive ketones (excluding diaryl/α,β-unsaturated/α-hetero) is 2. The largest absolute Gasteiger partial charge is 0.377 e. The Hall–Kier alpha value is -4.92. The van der Waals surface area contributed by atoms with Crippen molar-refractivity contribution in [1.82, 2.24) is 34.2 Å². The molecule has 72 heavy (non-hydrogen) atoms. The standard InChI is InChI=1S/2C19H24ClFN2O.C17H21Cl2N3O2/c1-19(2,3)14-8-5-13(6-9-14)7-10-16(24)18-17(20)15(11-12-21)22-23(18)4;1-3-16-18(20)19(23(2)22-16)17(24)12-11-15-9-7-14(8-10-15)6-4-5-13-21;1-3-9-24-11-13-7-5-12(6-8-13)10-20-17(23)16-15(18)14(4-2)21-22(16)19/h5-6,8-9H,7,10-12H2,1-4H3;7-10H,3-6,11-13H2,1-2H3;5-8H,3-4,9-11H2,1-2H3,(H,20,23)/i2*21-1;. The zero-order chi connectivity index (χ0) is 53.0. The molecule has 0 atom stereocenters. The van der Waals surface area contributed by atoms with Gasteiger partial charge in [-0.3, -0.25) is 32.5 Å². The number of aryl methyl sites for hydroxylation is 8. The van der Waals surface area contributed by atoms with Crippen LogP contribution in [-0.4, -0.2) is 66.3 Å². The molecule has 0 fully saturated rings. The van der Waals surface area contributed by atoms with Crippen molar-refractivity contribution in [2.45, 2.75) is 131 Å². The summed E-state index contributed by atoms with van der Waals surface area (Å²) in [7, 11) is 3.42. The molecule has 1 amide bonds. The highest BCUT2D eigenvalue weighted by atomic mass is 35.5. The molecule has 0 spiro atoms. The Morgan fingerprint density at radius 1 is 0.597 bits per heavy atom. The van der Waals surface area contributed by atoms with E-state index in [1.54, 1.807) is 18.8 Å². The van der Waals surface area contributed by atoms with Crippen molar-refractivity contribution in [3.8, 4) is 0 Å². The van der Waals surface area contributed by atoms with Crippen LogP contribution in [0.15, 0.2) is 72.8 Å². The minimum Gasteiger partial charge on any atom is -0.377 e. The van der Waals surface area contributed by atoms with Crippen molar-refractivity contribution in [2.75, 3.05) is 20.0 Å². The van der Waals surface area contributed by atoms with E-state index < -0.39 is 6.67 Å². The van der Waals surface area contributed by atoms with Crippen LogP contribution in [0.1, 0.15) is 156 Å². The molecule has 3 aromatic carbocycles. The first-order valence-electron chi connectivity index (χ1n) is 24.5. The van der Waals surface area contributed by atoms with E-state index >= 15 is 0 Å². The average molecular weight is 1070 g/mol. The Balaban J connectivity index is 0.000000234. The normalized spacial score (nSPS) is 11.2. The minimum absolute atomic E-state index is 0.0155. The maximum atomic E-state index is 12.5. The number of ketones is 2. The monoisotopic (exact) mass is 1070 g/mol. The van der Waals surface area contributed by atoms with Crippen LogP contribution in [0.4, 0.5) is 8.78 Å². The van der Waals surface area contributed by atoms with Gasteiger partial charge in [0, 0.05) is 58.3 Å². The number of hydrogen-bond acceptors (Lipinski definition) is 7. The van der Waals surface area contributed by atoms with E-state index in [1.807, 2.05) is 50.2 Å². The second kappa shape index (κ2) is 29.7. The van der Waals surface area contributed by atoms with Crippen molar-refractivity contribution in [1.29, 1.82) is 0 Å². The van der Waals surface area contributed by atoms with Gasteiger partial charge in [-0.25, -0.2) is 0 Å². The summed E-state index contributed by atoms with van der Waals surface area (Å²) in [6.45, 7) is 13.4. The van der Waals surface area contributed by atoms with E-state index in [0.717, 1.165) is 58.0 Å². The Morgan fingerprint density at radius 2 is 1.06 bits per heavy atom. The third-order valence-electron chi connectivity index (χ3n) is 11.8. The highest BCUT2D eigenvalue weighted by Crippen LogP contribution is 2.27. The Morgan fingerprint density at radius 3 is 1.53 bits per heavy atom. The van der Waals surface area contributed by atoms with Crippen LogP contribution in [0.2, 0.25) is 15.1 Å². The number of carbonyl (C=O) groups is 3. The lowest BCUT2D eigenvalue weighted by Gasteiger charge is -2.19. The first kappa shape index (κ1) is 59.6. The number of rotatable bonds is 23. The Kier molecular flexibility index (Phi) is 24.6. The number of nitrogens with zero attached hydrogens (tertiary/aromatic N) is 6. The molecular formula is C55H69Cl4F2N7O4. The van der Waals surface area contributed by atoms with Crippen LogP contribution in [0.5, 0.6) is 0 Å². The summed E-state index contributed by atoms with van der Waals surface area (Å²) in [5, 5.41) is 16.3. The van der Waals surface area contributed by atoms with Crippen LogP contribution >= 0.6 is 46.6 Å². The fourth-order valence-corrected chi connectivity index (χ4v) is 8.98. The van der Waals surface area contributed by atoms with Gasteiger partial charge in [-0.2, -0.15) is 19.5 Å². The number of carbonyl (C=O) groups excluding carboxylic acids is 3. The van der Waals surface area contributed by atoms with Crippen LogP contribution in [0.3, 0.4) is 0 Å². The van der Waals surface area contributed by atoms with E-state index in [0.29, 0.717) is 90.9 Å². The minimum atomic E-state index is -0.537. The number of benzene rings is 3. The Bertz CT molecular complexity index is 2540. The van der Waals surface area contributed by atoms with Crippen molar-refractivity contribution < 1.29 is 27.9 Å². The third-order valence-corrected chi connectivity index (χ3v) is 13.2. The van der Waals surface area contributed by atoms with Gasteiger partial charge >= 0.3 is 0 Å². The van der Waals surface area contributed by atoms with Gasteiger partial charge in [0.2, 0.25) is 0 Å². The molecule has 0 aliphatic carbocycles. The molecule has 6 rings (SSSR count).